The second-order valence-corrected chi connectivity index (χ2v) is 8.62. The number of carboxylic acids is 1. The summed E-state index contributed by atoms with van der Waals surface area (Å²) in [5.41, 5.74) is 0.659. The number of carbonyl (C=O) groups excluding carboxylic acids is 1. The Hall–Kier alpha value is -3.79. The first-order valence-corrected chi connectivity index (χ1v) is 11.4. The van der Waals surface area contributed by atoms with Crippen molar-refractivity contribution in [3.8, 4) is 11.5 Å². The molecule has 10 heteroatoms. The van der Waals surface area contributed by atoms with Crippen LogP contribution >= 0.6 is 11.8 Å². The normalized spacial score (nSPS) is 12.4. The smallest absolute Gasteiger partial charge is 0.335 e. The lowest BCUT2D eigenvalue weighted by Crippen LogP contribution is -2.23. The van der Waals surface area contributed by atoms with Gasteiger partial charge in [0.1, 0.15) is 11.5 Å². The van der Waals surface area contributed by atoms with E-state index >= 15 is 0 Å². The number of anilines is 1. The molecule has 2 N–H and O–H groups in total. The largest absolute Gasteiger partial charge is 0.497 e. The van der Waals surface area contributed by atoms with Gasteiger partial charge in [0.2, 0.25) is 5.91 Å². The van der Waals surface area contributed by atoms with E-state index in [2.05, 4.69) is 22.1 Å². The molecule has 0 saturated heterocycles. The maximum atomic E-state index is 12.7. The topological polar surface area (TPSA) is 116 Å². The van der Waals surface area contributed by atoms with Crippen molar-refractivity contribution in [3.63, 3.8) is 0 Å². The molecule has 2 unspecified atom stereocenters. The van der Waals surface area contributed by atoms with Gasteiger partial charge in [-0.3, -0.25) is 9.36 Å². The predicted molar refractivity (Wildman–Crippen MR) is 130 cm³/mol. The van der Waals surface area contributed by atoms with Crippen LogP contribution in [0.4, 0.5) is 5.69 Å². The third-order valence-electron chi connectivity index (χ3n) is 4.83. The Morgan fingerprint density at radius 1 is 1.18 bits per heavy atom. The van der Waals surface area contributed by atoms with Gasteiger partial charge in [0.25, 0.3) is 0 Å². The Balaban J connectivity index is 1.70. The highest BCUT2D eigenvalue weighted by molar-refractivity contribution is 8.00. The minimum atomic E-state index is -1.02. The maximum absolute atomic E-state index is 12.7. The highest BCUT2D eigenvalue weighted by Gasteiger charge is 2.23. The van der Waals surface area contributed by atoms with Gasteiger partial charge in [0.05, 0.1) is 17.9 Å². The van der Waals surface area contributed by atoms with Crippen molar-refractivity contribution in [1.82, 2.24) is 14.8 Å². The summed E-state index contributed by atoms with van der Waals surface area (Å²) in [7, 11) is 1.59. The lowest BCUT2D eigenvalue weighted by atomic mass is 10.2. The third kappa shape index (κ3) is 6.16. The van der Waals surface area contributed by atoms with E-state index in [0.29, 0.717) is 34.7 Å². The first-order chi connectivity index (χ1) is 16.3. The van der Waals surface area contributed by atoms with Gasteiger partial charge in [0.15, 0.2) is 17.1 Å². The molecule has 0 aliphatic heterocycles. The Kier molecular flexibility index (Phi) is 8.31. The molecule has 0 aliphatic rings. The second-order valence-electron chi connectivity index (χ2n) is 7.31. The number of carbonyl (C=O) groups is 2. The number of amides is 1. The van der Waals surface area contributed by atoms with E-state index in [1.54, 1.807) is 38.3 Å². The van der Waals surface area contributed by atoms with Crippen LogP contribution in [0.15, 0.2) is 66.3 Å². The van der Waals surface area contributed by atoms with E-state index in [1.807, 2.05) is 29.7 Å². The van der Waals surface area contributed by atoms with Gasteiger partial charge < -0.3 is 19.9 Å². The molecule has 0 aliphatic carbocycles. The second kappa shape index (κ2) is 11.4. The van der Waals surface area contributed by atoms with E-state index in [0.717, 1.165) is 0 Å². The van der Waals surface area contributed by atoms with Gasteiger partial charge in [-0.25, -0.2) is 4.79 Å². The zero-order valence-corrected chi connectivity index (χ0v) is 19.9. The number of rotatable bonds is 11. The summed E-state index contributed by atoms with van der Waals surface area (Å²) in [6.07, 6.45) is 1.31. The van der Waals surface area contributed by atoms with Gasteiger partial charge in [-0.2, -0.15) is 0 Å². The van der Waals surface area contributed by atoms with Crippen molar-refractivity contribution in [2.45, 2.75) is 36.9 Å². The number of ether oxygens (including phenoxy) is 2. The number of benzene rings is 2. The Morgan fingerprint density at radius 2 is 1.88 bits per heavy atom. The summed E-state index contributed by atoms with van der Waals surface area (Å²) >= 11 is 1.26. The first kappa shape index (κ1) is 24.8. The van der Waals surface area contributed by atoms with Gasteiger partial charge in [-0.1, -0.05) is 23.9 Å². The number of allylic oxidation sites excluding steroid dienone is 1. The van der Waals surface area contributed by atoms with Crippen molar-refractivity contribution in [2.75, 3.05) is 12.4 Å². The molecule has 2 atom stereocenters. The van der Waals surface area contributed by atoms with Gasteiger partial charge in [-0.05, 0) is 50.2 Å². The predicted octanol–water partition coefficient (Wildman–Crippen LogP) is 4.43. The van der Waals surface area contributed by atoms with Crippen molar-refractivity contribution in [3.05, 3.63) is 72.6 Å². The zero-order valence-electron chi connectivity index (χ0n) is 19.1. The standard InChI is InChI=1S/C24H26N4O5S/c1-5-13-28-21(15(2)33-20-8-6-7-19(14-20)32-4)26-27-24(28)34-16(3)22(29)25-18-11-9-17(10-12-18)23(30)31/h5-12,14-16H,1,13H2,2-4H3,(H,25,29)(H,30,31). The summed E-state index contributed by atoms with van der Waals surface area (Å²) in [4.78, 5) is 23.7. The number of nitrogens with zero attached hydrogens (tertiary/aromatic N) is 3. The first-order valence-electron chi connectivity index (χ1n) is 10.5. The number of hydrogen-bond donors (Lipinski definition) is 2. The monoisotopic (exact) mass is 482 g/mol. The average Bonchev–Trinajstić information content (AvgIpc) is 3.22. The molecule has 34 heavy (non-hydrogen) atoms. The van der Waals surface area contributed by atoms with E-state index in [-0.39, 0.29) is 11.5 Å². The SMILES string of the molecule is C=CCn1c(SC(C)C(=O)Nc2ccc(C(=O)O)cc2)nnc1C(C)Oc1cccc(OC)c1. The molecule has 9 nitrogen and oxygen atoms in total. The van der Waals surface area contributed by atoms with E-state index in [1.165, 1.54) is 23.9 Å². The molecular formula is C24H26N4O5S. The van der Waals surface area contributed by atoms with Crippen LogP contribution in [0.1, 0.15) is 36.1 Å². The van der Waals surface area contributed by atoms with Crippen molar-refractivity contribution >= 4 is 29.3 Å². The molecule has 1 heterocycles. The fourth-order valence-corrected chi connectivity index (χ4v) is 3.94. The van der Waals surface area contributed by atoms with Crippen LogP contribution in [-0.4, -0.2) is 44.1 Å². The number of thioether (sulfide) groups is 1. The Morgan fingerprint density at radius 3 is 2.53 bits per heavy atom. The molecule has 3 rings (SSSR count). The molecule has 1 aromatic heterocycles. The van der Waals surface area contributed by atoms with Gasteiger partial charge in [0, 0.05) is 18.3 Å². The molecule has 0 bridgehead atoms. The quantitative estimate of drug-likeness (QED) is 0.305. The van der Waals surface area contributed by atoms with Gasteiger partial charge >= 0.3 is 5.97 Å². The highest BCUT2D eigenvalue weighted by atomic mass is 32.2. The zero-order chi connectivity index (χ0) is 24.7. The van der Waals surface area contributed by atoms with Crippen LogP contribution < -0.4 is 14.8 Å². The van der Waals surface area contributed by atoms with E-state index in [4.69, 9.17) is 14.6 Å². The molecule has 2 aromatic carbocycles. The minimum Gasteiger partial charge on any atom is -0.497 e. The minimum absolute atomic E-state index is 0.149. The average molecular weight is 483 g/mol. The van der Waals surface area contributed by atoms with Crippen LogP contribution in [0, 0.1) is 0 Å². The summed E-state index contributed by atoms with van der Waals surface area (Å²) in [5, 5.41) is 20.4. The number of aromatic nitrogens is 3. The lowest BCUT2D eigenvalue weighted by molar-refractivity contribution is -0.115. The molecule has 0 radical (unpaired) electrons. The van der Waals surface area contributed by atoms with E-state index in [9.17, 15) is 9.59 Å². The van der Waals surface area contributed by atoms with Crippen molar-refractivity contribution < 1.29 is 24.2 Å². The van der Waals surface area contributed by atoms with Crippen LogP contribution in [-0.2, 0) is 11.3 Å². The van der Waals surface area contributed by atoms with Crippen LogP contribution in [0.2, 0.25) is 0 Å². The lowest BCUT2D eigenvalue weighted by Gasteiger charge is -2.17. The van der Waals surface area contributed by atoms with Crippen molar-refractivity contribution in [2.24, 2.45) is 0 Å². The Labute approximate surface area is 201 Å². The number of hydrogen-bond acceptors (Lipinski definition) is 7. The number of methoxy groups -OCH3 is 1. The summed E-state index contributed by atoms with van der Waals surface area (Å²) in [6.45, 7) is 7.88. The summed E-state index contributed by atoms with van der Waals surface area (Å²) in [6, 6.07) is 13.3. The fourth-order valence-electron chi connectivity index (χ4n) is 3.07. The molecular weight excluding hydrogens is 456 g/mol. The highest BCUT2D eigenvalue weighted by Crippen LogP contribution is 2.28. The number of aromatic carboxylic acids is 1. The van der Waals surface area contributed by atoms with Crippen LogP contribution in [0.25, 0.3) is 0 Å². The molecule has 0 saturated carbocycles. The van der Waals surface area contributed by atoms with Crippen LogP contribution in [0.3, 0.4) is 0 Å². The van der Waals surface area contributed by atoms with E-state index < -0.39 is 17.3 Å². The molecule has 0 fully saturated rings. The number of carboxylic acid groups (broad SMARTS) is 1. The number of nitrogens with one attached hydrogen (secondary N) is 1. The van der Waals surface area contributed by atoms with Crippen LogP contribution in [0.5, 0.6) is 11.5 Å². The summed E-state index contributed by atoms with van der Waals surface area (Å²) < 4.78 is 13.1. The Bertz CT molecular complexity index is 1160. The fraction of sp³-hybridized carbons (Fsp3) is 0.250. The molecule has 1 amide bonds. The maximum Gasteiger partial charge on any atom is 0.335 e. The summed E-state index contributed by atoms with van der Waals surface area (Å²) in [5.74, 6) is 0.649. The van der Waals surface area contributed by atoms with Crippen molar-refractivity contribution in [1.29, 1.82) is 0 Å². The third-order valence-corrected chi connectivity index (χ3v) is 5.91. The molecule has 3 aromatic rings. The van der Waals surface area contributed by atoms with Gasteiger partial charge in [-0.15, -0.1) is 16.8 Å². The molecule has 0 spiro atoms. The molecule has 178 valence electrons.